The summed E-state index contributed by atoms with van der Waals surface area (Å²) in [6.07, 6.45) is 1.79. The number of nitrogens with one attached hydrogen (secondary N) is 1. The van der Waals surface area contributed by atoms with Crippen LogP contribution in [0.15, 0.2) is 18.3 Å². The SMILES string of the molecule is O=C(O)N[C@H]1C[C@H](N2C(=O)COc3cccnc32)C1. The minimum absolute atomic E-state index is 0.00617. The van der Waals surface area contributed by atoms with Crippen LogP contribution in [-0.2, 0) is 4.79 Å². The molecule has 0 radical (unpaired) electrons. The Morgan fingerprint density at radius 3 is 3.05 bits per heavy atom. The zero-order valence-corrected chi connectivity index (χ0v) is 10.1. The highest BCUT2D eigenvalue weighted by molar-refractivity contribution is 5.97. The molecule has 1 aliphatic heterocycles. The number of carboxylic acid groups (broad SMARTS) is 1. The van der Waals surface area contributed by atoms with Gasteiger partial charge in [-0.05, 0) is 25.0 Å². The Labute approximate surface area is 109 Å². The van der Waals surface area contributed by atoms with Crippen LogP contribution in [0.25, 0.3) is 0 Å². The molecule has 0 saturated heterocycles. The number of carbonyl (C=O) groups is 2. The monoisotopic (exact) mass is 263 g/mol. The molecule has 1 aromatic rings. The van der Waals surface area contributed by atoms with Gasteiger partial charge in [-0.1, -0.05) is 0 Å². The topological polar surface area (TPSA) is 91.8 Å². The zero-order chi connectivity index (χ0) is 13.4. The summed E-state index contributed by atoms with van der Waals surface area (Å²) in [5.74, 6) is 0.985. The average Bonchev–Trinajstić information content (AvgIpc) is 2.34. The Morgan fingerprint density at radius 1 is 1.53 bits per heavy atom. The van der Waals surface area contributed by atoms with Gasteiger partial charge in [-0.3, -0.25) is 9.69 Å². The van der Waals surface area contributed by atoms with Crippen LogP contribution < -0.4 is 15.0 Å². The first-order valence-corrected chi connectivity index (χ1v) is 6.04. The molecular weight excluding hydrogens is 250 g/mol. The molecule has 2 amide bonds. The van der Waals surface area contributed by atoms with E-state index in [0.717, 1.165) is 0 Å². The highest BCUT2D eigenvalue weighted by Gasteiger charge is 2.40. The molecule has 1 fully saturated rings. The van der Waals surface area contributed by atoms with Crippen molar-refractivity contribution in [3.05, 3.63) is 18.3 Å². The minimum atomic E-state index is -1.03. The Bertz CT molecular complexity index is 527. The van der Waals surface area contributed by atoms with Crippen molar-refractivity contribution >= 4 is 17.8 Å². The lowest BCUT2D eigenvalue weighted by Gasteiger charge is -2.43. The van der Waals surface area contributed by atoms with Crippen LogP contribution in [-0.4, -0.2) is 40.8 Å². The molecule has 3 rings (SSSR count). The standard InChI is InChI=1S/C12H13N3O4/c16-10-6-19-9-2-1-3-13-11(9)15(10)8-4-7(5-8)14-12(17)18/h1-3,7-8,14H,4-6H2,(H,17,18)/t7-,8-. The number of ether oxygens (including phenoxy) is 1. The lowest BCUT2D eigenvalue weighted by molar-refractivity contribution is -0.122. The summed E-state index contributed by atoms with van der Waals surface area (Å²) >= 11 is 0. The van der Waals surface area contributed by atoms with Crippen molar-refractivity contribution in [2.45, 2.75) is 24.9 Å². The fourth-order valence-electron chi connectivity index (χ4n) is 2.47. The molecule has 2 N–H and O–H groups in total. The third-order valence-corrected chi connectivity index (χ3v) is 3.40. The number of fused-ring (bicyclic) bond motifs is 1. The van der Waals surface area contributed by atoms with E-state index in [1.165, 1.54) is 0 Å². The number of carbonyl (C=O) groups excluding carboxylic acids is 1. The zero-order valence-electron chi connectivity index (χ0n) is 10.1. The first kappa shape index (κ1) is 11.8. The second-order valence-electron chi connectivity index (χ2n) is 4.65. The fourth-order valence-corrected chi connectivity index (χ4v) is 2.47. The highest BCUT2D eigenvalue weighted by Crippen LogP contribution is 2.36. The van der Waals surface area contributed by atoms with Crippen molar-refractivity contribution in [1.82, 2.24) is 10.3 Å². The molecule has 2 heterocycles. The van der Waals surface area contributed by atoms with Crippen LogP contribution in [0.1, 0.15) is 12.8 Å². The predicted molar refractivity (Wildman–Crippen MR) is 65.2 cm³/mol. The van der Waals surface area contributed by atoms with Crippen molar-refractivity contribution in [3.63, 3.8) is 0 Å². The molecule has 1 aromatic heterocycles. The van der Waals surface area contributed by atoms with Crippen LogP contribution in [0.2, 0.25) is 0 Å². The Morgan fingerprint density at radius 2 is 2.32 bits per heavy atom. The third kappa shape index (κ3) is 2.07. The van der Waals surface area contributed by atoms with E-state index in [1.807, 2.05) is 0 Å². The molecule has 2 aliphatic rings. The van der Waals surface area contributed by atoms with Gasteiger partial charge in [0.05, 0.1) is 0 Å². The van der Waals surface area contributed by atoms with E-state index in [1.54, 1.807) is 23.2 Å². The summed E-state index contributed by atoms with van der Waals surface area (Å²) in [6.45, 7) is 0.00617. The van der Waals surface area contributed by atoms with Crippen molar-refractivity contribution in [2.24, 2.45) is 0 Å². The fraction of sp³-hybridized carbons (Fsp3) is 0.417. The molecule has 0 unspecified atom stereocenters. The Kier molecular flexibility index (Phi) is 2.73. The summed E-state index contributed by atoms with van der Waals surface area (Å²) in [6, 6.07) is 3.42. The van der Waals surface area contributed by atoms with Gasteiger partial charge in [-0.25, -0.2) is 9.78 Å². The summed E-state index contributed by atoms with van der Waals surface area (Å²) in [5.41, 5.74) is 0. The average molecular weight is 263 g/mol. The molecule has 19 heavy (non-hydrogen) atoms. The van der Waals surface area contributed by atoms with Gasteiger partial charge in [-0.15, -0.1) is 0 Å². The van der Waals surface area contributed by atoms with Crippen LogP contribution >= 0.6 is 0 Å². The van der Waals surface area contributed by atoms with Crippen molar-refractivity contribution in [2.75, 3.05) is 11.5 Å². The molecule has 100 valence electrons. The van der Waals surface area contributed by atoms with E-state index in [2.05, 4.69) is 10.3 Å². The van der Waals surface area contributed by atoms with Crippen molar-refractivity contribution in [3.8, 4) is 5.75 Å². The van der Waals surface area contributed by atoms with Gasteiger partial charge in [0.1, 0.15) is 0 Å². The molecule has 1 saturated carbocycles. The van der Waals surface area contributed by atoms with Crippen molar-refractivity contribution in [1.29, 1.82) is 0 Å². The van der Waals surface area contributed by atoms with Gasteiger partial charge in [0.15, 0.2) is 18.2 Å². The number of hydrogen-bond donors (Lipinski definition) is 2. The number of pyridine rings is 1. The van der Waals surface area contributed by atoms with Crippen LogP contribution in [0.4, 0.5) is 10.6 Å². The van der Waals surface area contributed by atoms with Gasteiger partial charge in [0.2, 0.25) is 0 Å². The lowest BCUT2D eigenvalue weighted by Crippen LogP contribution is -2.57. The summed E-state index contributed by atoms with van der Waals surface area (Å²) < 4.78 is 5.31. The van der Waals surface area contributed by atoms with Gasteiger partial charge in [-0.2, -0.15) is 0 Å². The molecule has 1 aliphatic carbocycles. The second-order valence-corrected chi connectivity index (χ2v) is 4.65. The highest BCUT2D eigenvalue weighted by atomic mass is 16.5. The first-order chi connectivity index (χ1) is 9.15. The maximum Gasteiger partial charge on any atom is 0.404 e. The Hall–Kier alpha value is -2.31. The first-order valence-electron chi connectivity index (χ1n) is 6.04. The molecule has 0 bridgehead atoms. The molecular formula is C12H13N3O4. The van der Waals surface area contributed by atoms with Crippen LogP contribution in [0.3, 0.4) is 0 Å². The van der Waals surface area contributed by atoms with E-state index in [4.69, 9.17) is 9.84 Å². The van der Waals surface area contributed by atoms with Gasteiger partial charge < -0.3 is 15.2 Å². The van der Waals surface area contributed by atoms with Crippen LogP contribution in [0, 0.1) is 0 Å². The smallest absolute Gasteiger partial charge is 0.404 e. The molecule has 0 aromatic carbocycles. The van der Waals surface area contributed by atoms with E-state index >= 15 is 0 Å². The van der Waals surface area contributed by atoms with E-state index in [-0.39, 0.29) is 24.6 Å². The molecule has 7 nitrogen and oxygen atoms in total. The largest absolute Gasteiger partial charge is 0.480 e. The van der Waals surface area contributed by atoms with Gasteiger partial charge >= 0.3 is 6.09 Å². The van der Waals surface area contributed by atoms with Crippen LogP contribution in [0.5, 0.6) is 5.75 Å². The number of anilines is 1. The Balaban J connectivity index is 1.75. The van der Waals surface area contributed by atoms with E-state index < -0.39 is 6.09 Å². The predicted octanol–water partition coefficient (Wildman–Crippen LogP) is 0.606. The maximum atomic E-state index is 11.9. The van der Waals surface area contributed by atoms with E-state index in [9.17, 15) is 9.59 Å². The van der Waals surface area contributed by atoms with Crippen molar-refractivity contribution < 1.29 is 19.4 Å². The normalized spacial score (nSPS) is 25.1. The maximum absolute atomic E-state index is 11.9. The number of rotatable bonds is 2. The summed E-state index contributed by atoms with van der Waals surface area (Å²) in [5, 5.41) is 11.0. The number of aromatic nitrogens is 1. The van der Waals surface area contributed by atoms with Gasteiger partial charge in [0, 0.05) is 18.3 Å². The molecule has 0 atom stereocenters. The summed E-state index contributed by atoms with van der Waals surface area (Å²) in [7, 11) is 0. The lowest BCUT2D eigenvalue weighted by atomic mass is 9.85. The summed E-state index contributed by atoms with van der Waals surface area (Å²) in [4.78, 5) is 28.3. The molecule has 0 spiro atoms. The third-order valence-electron chi connectivity index (χ3n) is 3.40. The second kappa shape index (κ2) is 4.42. The molecule has 7 heteroatoms. The quantitative estimate of drug-likeness (QED) is 0.815. The number of nitrogens with zero attached hydrogens (tertiary/aromatic N) is 2. The van der Waals surface area contributed by atoms with E-state index in [0.29, 0.717) is 24.4 Å². The minimum Gasteiger partial charge on any atom is -0.480 e. The number of hydrogen-bond acceptors (Lipinski definition) is 4. The number of amides is 2. The van der Waals surface area contributed by atoms with Gasteiger partial charge in [0.25, 0.3) is 5.91 Å².